The number of imidazole rings is 1. The van der Waals surface area contributed by atoms with E-state index < -0.39 is 17.0 Å². The number of nitrogens with one attached hydrogen (secondary N) is 1. The van der Waals surface area contributed by atoms with Crippen molar-refractivity contribution in [2.24, 2.45) is 0 Å². The van der Waals surface area contributed by atoms with E-state index in [9.17, 15) is 18.8 Å². The van der Waals surface area contributed by atoms with E-state index in [0.29, 0.717) is 4.88 Å². The number of nitrogens with zero attached hydrogens (tertiary/aromatic N) is 3. The molecule has 11 heteroatoms. The zero-order valence-electron chi connectivity index (χ0n) is 15.7. The Morgan fingerprint density at radius 1 is 1.26 bits per heavy atom. The summed E-state index contributed by atoms with van der Waals surface area (Å²) in [5.74, 6) is -1.26. The molecule has 1 fully saturated rings. The quantitative estimate of drug-likeness (QED) is 0.440. The average molecular weight is 473 g/mol. The van der Waals surface area contributed by atoms with E-state index in [0.717, 1.165) is 32.0 Å². The molecular formula is C20H13FN4O3S3. The zero-order chi connectivity index (χ0) is 21.5. The molecule has 3 amide bonds. The summed E-state index contributed by atoms with van der Waals surface area (Å²) in [6.07, 6.45) is 3.27. The van der Waals surface area contributed by atoms with Gasteiger partial charge in [0.05, 0.1) is 15.3 Å². The van der Waals surface area contributed by atoms with Crippen LogP contribution in [0.15, 0.2) is 46.8 Å². The number of hydrogen-bond donors (Lipinski definition) is 1. The van der Waals surface area contributed by atoms with Gasteiger partial charge >= 0.3 is 0 Å². The number of thiazole rings is 1. The maximum atomic E-state index is 13.8. The van der Waals surface area contributed by atoms with Crippen molar-refractivity contribution < 1.29 is 18.8 Å². The number of aromatic nitrogens is 2. The van der Waals surface area contributed by atoms with E-state index in [4.69, 9.17) is 0 Å². The molecule has 4 aromatic rings. The van der Waals surface area contributed by atoms with Crippen LogP contribution in [-0.2, 0) is 4.79 Å². The molecule has 5 rings (SSSR count). The Morgan fingerprint density at radius 2 is 2.10 bits per heavy atom. The molecule has 0 unspecified atom stereocenters. The molecule has 7 nitrogen and oxygen atoms in total. The number of fused-ring (bicyclic) bond motifs is 3. The number of thioether (sulfide) groups is 1. The smallest absolute Gasteiger partial charge is 0.293 e. The lowest BCUT2D eigenvalue weighted by Crippen LogP contribution is -2.37. The lowest BCUT2D eigenvalue weighted by Gasteiger charge is -2.12. The number of carbonyl (C=O) groups is 3. The monoisotopic (exact) mass is 472 g/mol. The number of thiophene rings is 1. The minimum Gasteiger partial charge on any atom is -0.350 e. The molecule has 4 heterocycles. The first-order chi connectivity index (χ1) is 15.0. The number of benzene rings is 1. The summed E-state index contributed by atoms with van der Waals surface area (Å²) in [5.41, 5.74) is 1.11. The van der Waals surface area contributed by atoms with Crippen LogP contribution in [0, 0.1) is 5.82 Å². The van der Waals surface area contributed by atoms with Crippen LogP contribution in [0.25, 0.3) is 21.4 Å². The van der Waals surface area contributed by atoms with Gasteiger partial charge in [0, 0.05) is 30.2 Å². The fraction of sp³-hybridized carbons (Fsp3) is 0.100. The number of imide groups is 1. The maximum Gasteiger partial charge on any atom is 0.293 e. The SMILES string of the molecule is O=C(NCCN1C(=O)S/C(=C\c2ccccc2F)C1=O)c1cc2c(nc3sccn32)s1. The standard InChI is InChI=1S/C20H13FN4O3S3/c21-12-4-2-1-3-11(12)9-15-18(27)25(20(28)31-15)6-5-22-16(26)14-10-13-17(30-14)23-19-24(13)7-8-29-19/h1-4,7-10H,5-6H2,(H,22,26)/b15-9-. The summed E-state index contributed by atoms with van der Waals surface area (Å²) in [5, 5.41) is 4.22. The molecule has 156 valence electrons. The Kier molecular flexibility index (Phi) is 5.08. The van der Waals surface area contributed by atoms with E-state index in [1.165, 1.54) is 40.9 Å². The van der Waals surface area contributed by atoms with Crippen molar-refractivity contribution in [1.29, 1.82) is 0 Å². The van der Waals surface area contributed by atoms with Crippen molar-refractivity contribution in [3.63, 3.8) is 0 Å². The van der Waals surface area contributed by atoms with Gasteiger partial charge in [0.1, 0.15) is 10.6 Å². The lowest BCUT2D eigenvalue weighted by atomic mass is 10.2. The molecular weight excluding hydrogens is 459 g/mol. The van der Waals surface area contributed by atoms with Crippen LogP contribution in [-0.4, -0.2) is 44.4 Å². The first kappa shape index (κ1) is 19.9. The predicted molar refractivity (Wildman–Crippen MR) is 120 cm³/mol. The lowest BCUT2D eigenvalue weighted by molar-refractivity contribution is -0.122. The zero-order valence-corrected chi connectivity index (χ0v) is 18.2. The van der Waals surface area contributed by atoms with Crippen LogP contribution in [0.3, 0.4) is 0 Å². The highest BCUT2D eigenvalue weighted by Crippen LogP contribution is 2.32. The summed E-state index contributed by atoms with van der Waals surface area (Å²) < 4.78 is 15.7. The highest BCUT2D eigenvalue weighted by Gasteiger charge is 2.34. The minimum atomic E-state index is -0.497. The molecule has 0 saturated carbocycles. The van der Waals surface area contributed by atoms with Crippen LogP contribution in [0.5, 0.6) is 0 Å². The van der Waals surface area contributed by atoms with Crippen LogP contribution >= 0.6 is 34.4 Å². The van der Waals surface area contributed by atoms with E-state index in [-0.39, 0.29) is 29.5 Å². The third kappa shape index (κ3) is 3.64. The number of carbonyl (C=O) groups excluding carboxylic acids is 3. The van der Waals surface area contributed by atoms with Gasteiger partial charge in [0.25, 0.3) is 17.1 Å². The van der Waals surface area contributed by atoms with Gasteiger partial charge in [-0.2, -0.15) is 0 Å². The van der Waals surface area contributed by atoms with Crippen molar-refractivity contribution >= 4 is 72.9 Å². The molecule has 0 bridgehead atoms. The molecule has 1 aliphatic rings. The topological polar surface area (TPSA) is 83.8 Å². The Hall–Kier alpha value is -3.02. The minimum absolute atomic E-state index is 0.0317. The van der Waals surface area contributed by atoms with Crippen molar-refractivity contribution in [3.8, 4) is 0 Å². The van der Waals surface area contributed by atoms with E-state index in [1.54, 1.807) is 18.2 Å². The van der Waals surface area contributed by atoms with Crippen molar-refractivity contribution in [3.05, 3.63) is 63.1 Å². The van der Waals surface area contributed by atoms with Crippen molar-refractivity contribution in [1.82, 2.24) is 19.6 Å². The Balaban J connectivity index is 1.23. The third-order valence-electron chi connectivity index (χ3n) is 4.65. The highest BCUT2D eigenvalue weighted by molar-refractivity contribution is 8.18. The van der Waals surface area contributed by atoms with Crippen molar-refractivity contribution in [2.75, 3.05) is 13.1 Å². The second kappa shape index (κ2) is 7.91. The third-order valence-corrected chi connectivity index (χ3v) is 7.33. The van der Waals surface area contributed by atoms with Crippen molar-refractivity contribution in [2.45, 2.75) is 0 Å². The Labute approximate surface area is 187 Å². The van der Waals surface area contributed by atoms with E-state index >= 15 is 0 Å². The summed E-state index contributed by atoms with van der Waals surface area (Å²) in [7, 11) is 0. The largest absolute Gasteiger partial charge is 0.350 e. The van der Waals surface area contributed by atoms with Gasteiger partial charge in [-0.15, -0.1) is 22.7 Å². The second-order valence-electron chi connectivity index (χ2n) is 6.58. The molecule has 0 spiro atoms. The van der Waals surface area contributed by atoms with Crippen LogP contribution < -0.4 is 5.32 Å². The van der Waals surface area contributed by atoms with Gasteiger partial charge in [0.2, 0.25) is 0 Å². The summed E-state index contributed by atoms with van der Waals surface area (Å²) >= 11 is 3.57. The number of rotatable bonds is 5. The normalized spacial score (nSPS) is 15.6. The van der Waals surface area contributed by atoms with Gasteiger partial charge in [-0.05, 0) is 30.0 Å². The first-order valence-corrected chi connectivity index (χ1v) is 11.7. The van der Waals surface area contributed by atoms with Gasteiger partial charge in [0.15, 0.2) is 4.96 Å². The van der Waals surface area contributed by atoms with E-state index in [2.05, 4.69) is 10.3 Å². The highest BCUT2D eigenvalue weighted by atomic mass is 32.2. The van der Waals surface area contributed by atoms with Crippen LogP contribution in [0.1, 0.15) is 15.2 Å². The summed E-state index contributed by atoms with van der Waals surface area (Å²) in [6.45, 7) is 0.143. The fourth-order valence-corrected chi connectivity index (χ4v) is 5.73. The molecule has 1 N–H and O–H groups in total. The average Bonchev–Trinajstić information content (AvgIpc) is 3.48. The maximum absolute atomic E-state index is 13.8. The molecule has 0 aliphatic carbocycles. The molecule has 31 heavy (non-hydrogen) atoms. The molecule has 3 aromatic heterocycles. The van der Waals surface area contributed by atoms with Crippen LogP contribution in [0.2, 0.25) is 0 Å². The summed E-state index contributed by atoms with van der Waals surface area (Å²) in [6, 6.07) is 7.80. The van der Waals surface area contributed by atoms with E-state index in [1.807, 2.05) is 16.0 Å². The fourth-order valence-electron chi connectivity index (χ4n) is 3.15. The molecule has 1 aliphatic heterocycles. The Bertz CT molecular complexity index is 1390. The molecule has 1 saturated heterocycles. The van der Waals surface area contributed by atoms with Gasteiger partial charge in [-0.1, -0.05) is 18.2 Å². The van der Waals surface area contributed by atoms with Crippen LogP contribution in [0.4, 0.5) is 9.18 Å². The summed E-state index contributed by atoms with van der Waals surface area (Å²) in [4.78, 5) is 45.1. The number of amides is 3. The molecule has 1 aromatic carbocycles. The van der Waals surface area contributed by atoms with Gasteiger partial charge < -0.3 is 5.32 Å². The number of hydrogen-bond acceptors (Lipinski definition) is 7. The predicted octanol–water partition coefficient (Wildman–Crippen LogP) is 4.22. The number of halogens is 1. The van der Waals surface area contributed by atoms with Gasteiger partial charge in [-0.25, -0.2) is 9.37 Å². The van der Waals surface area contributed by atoms with Gasteiger partial charge in [-0.3, -0.25) is 23.7 Å². The molecule has 0 radical (unpaired) electrons. The molecule has 0 atom stereocenters. The Morgan fingerprint density at radius 3 is 2.94 bits per heavy atom. The second-order valence-corrected chi connectivity index (χ2v) is 9.48. The first-order valence-electron chi connectivity index (χ1n) is 9.14.